The first-order chi connectivity index (χ1) is 7.64. The van der Waals surface area contributed by atoms with Crippen LogP contribution in [0.1, 0.15) is 19.4 Å². The average molecular weight is 322 g/mol. The molecule has 0 saturated heterocycles. The third-order valence-electron chi connectivity index (χ3n) is 2.95. The molecule has 1 rings (SSSR count). The fourth-order valence-electron chi connectivity index (χ4n) is 1.28. The minimum atomic E-state index is -3.31. The van der Waals surface area contributed by atoms with Gasteiger partial charge in [-0.2, -0.15) is 0 Å². The molecule has 0 radical (unpaired) electrons. The van der Waals surface area contributed by atoms with E-state index in [0.717, 1.165) is 16.3 Å². The molecule has 0 aliphatic carbocycles. The summed E-state index contributed by atoms with van der Waals surface area (Å²) in [6, 6.07) is 1.81. The molecule has 1 aromatic rings. The van der Waals surface area contributed by atoms with Crippen molar-refractivity contribution in [3.05, 3.63) is 28.5 Å². The van der Waals surface area contributed by atoms with E-state index in [2.05, 4.69) is 20.9 Å². The maximum Gasteiger partial charge on any atom is 0.155 e. The zero-order valence-corrected chi connectivity index (χ0v) is 12.4. The molecular formula is C11H16BrNO3S. The van der Waals surface area contributed by atoms with Gasteiger partial charge in [-0.1, -0.05) is 0 Å². The van der Waals surface area contributed by atoms with Crippen LogP contribution in [0.2, 0.25) is 0 Å². The molecule has 0 aromatic carbocycles. The van der Waals surface area contributed by atoms with E-state index in [1.807, 2.05) is 6.07 Å². The molecule has 0 bridgehead atoms. The molecule has 1 unspecified atom stereocenters. The van der Waals surface area contributed by atoms with Crippen molar-refractivity contribution >= 4 is 25.8 Å². The summed E-state index contributed by atoms with van der Waals surface area (Å²) in [6.07, 6.45) is 3.68. The molecule has 1 aromatic heterocycles. The van der Waals surface area contributed by atoms with Gasteiger partial charge in [0.2, 0.25) is 0 Å². The number of halogens is 1. The summed E-state index contributed by atoms with van der Waals surface area (Å²) in [4.78, 5) is 3.97. The first-order valence-corrected chi connectivity index (χ1v) is 7.80. The van der Waals surface area contributed by atoms with E-state index in [9.17, 15) is 13.5 Å². The molecule has 0 aliphatic heterocycles. The van der Waals surface area contributed by atoms with Crippen LogP contribution in [0.4, 0.5) is 0 Å². The summed E-state index contributed by atoms with van der Waals surface area (Å²) >= 11 is 3.28. The van der Waals surface area contributed by atoms with Crippen LogP contribution in [0.25, 0.3) is 0 Å². The Hall–Kier alpha value is -0.460. The highest BCUT2D eigenvalue weighted by atomic mass is 79.9. The van der Waals surface area contributed by atoms with Crippen LogP contribution >= 0.6 is 15.9 Å². The molecule has 1 heterocycles. The van der Waals surface area contributed by atoms with Gasteiger partial charge in [0.25, 0.3) is 0 Å². The first kappa shape index (κ1) is 14.6. The van der Waals surface area contributed by atoms with Crippen molar-refractivity contribution in [2.45, 2.75) is 31.1 Å². The average Bonchev–Trinajstić information content (AvgIpc) is 2.15. The lowest BCUT2D eigenvalue weighted by atomic mass is 9.99. The quantitative estimate of drug-likeness (QED) is 0.914. The molecule has 0 aliphatic rings. The van der Waals surface area contributed by atoms with E-state index in [4.69, 9.17) is 0 Å². The van der Waals surface area contributed by atoms with E-state index in [-0.39, 0.29) is 6.42 Å². The monoisotopic (exact) mass is 321 g/mol. The van der Waals surface area contributed by atoms with Gasteiger partial charge in [-0.15, -0.1) is 0 Å². The van der Waals surface area contributed by atoms with Gasteiger partial charge in [0, 0.05) is 29.5 Å². The molecule has 17 heavy (non-hydrogen) atoms. The largest absolute Gasteiger partial charge is 0.391 e. The van der Waals surface area contributed by atoms with E-state index < -0.39 is 20.7 Å². The van der Waals surface area contributed by atoms with Crippen LogP contribution in [0, 0.1) is 0 Å². The van der Waals surface area contributed by atoms with Crippen molar-refractivity contribution in [2.75, 3.05) is 6.26 Å². The zero-order chi connectivity index (χ0) is 13.3. The van der Waals surface area contributed by atoms with E-state index in [0.29, 0.717) is 0 Å². The molecule has 4 nitrogen and oxygen atoms in total. The predicted octanol–water partition coefficient (Wildman–Crippen LogP) is 1.57. The Morgan fingerprint density at radius 3 is 2.53 bits per heavy atom. The molecule has 1 atom stereocenters. The fraction of sp³-hybridized carbons (Fsp3) is 0.545. The number of rotatable bonds is 4. The second-order valence-corrected chi connectivity index (χ2v) is 8.12. The van der Waals surface area contributed by atoms with E-state index >= 15 is 0 Å². The van der Waals surface area contributed by atoms with Gasteiger partial charge in [-0.05, 0) is 41.4 Å². The number of aliphatic hydroxyl groups is 1. The summed E-state index contributed by atoms with van der Waals surface area (Å²) in [5.74, 6) is 0. The molecule has 96 valence electrons. The number of pyridine rings is 1. The third kappa shape index (κ3) is 3.50. The highest BCUT2D eigenvalue weighted by Crippen LogP contribution is 2.23. The Balaban J connectivity index is 2.90. The van der Waals surface area contributed by atoms with Crippen LogP contribution in [0.15, 0.2) is 22.9 Å². The molecule has 0 fully saturated rings. The second-order valence-electron chi connectivity index (χ2n) is 4.61. The SMILES string of the molecule is CC(C)(C(O)Cc1cncc(Br)c1)S(C)(=O)=O. The summed E-state index contributed by atoms with van der Waals surface area (Å²) in [5, 5.41) is 10.0. The third-order valence-corrected chi connectivity index (χ3v) is 5.57. The summed E-state index contributed by atoms with van der Waals surface area (Å²) < 4.78 is 22.8. The maximum atomic E-state index is 11.6. The van der Waals surface area contributed by atoms with Crippen molar-refractivity contribution < 1.29 is 13.5 Å². The number of hydrogen-bond donors (Lipinski definition) is 1. The first-order valence-electron chi connectivity index (χ1n) is 5.11. The standard InChI is InChI=1S/C11H16BrNO3S/c1-11(2,17(3,15)16)10(14)5-8-4-9(12)7-13-6-8/h4,6-7,10,14H,5H2,1-3H3. The summed E-state index contributed by atoms with van der Waals surface area (Å²) in [6.45, 7) is 3.05. The lowest BCUT2D eigenvalue weighted by Crippen LogP contribution is -2.44. The van der Waals surface area contributed by atoms with Crippen LogP contribution in [-0.2, 0) is 16.3 Å². The second kappa shape index (κ2) is 5.04. The van der Waals surface area contributed by atoms with Crippen LogP contribution in [0.5, 0.6) is 0 Å². The number of hydrogen-bond acceptors (Lipinski definition) is 4. The minimum absolute atomic E-state index is 0.256. The van der Waals surface area contributed by atoms with Gasteiger partial charge in [0.1, 0.15) is 0 Å². The number of aromatic nitrogens is 1. The van der Waals surface area contributed by atoms with Crippen LogP contribution in [-0.4, -0.2) is 35.6 Å². The van der Waals surface area contributed by atoms with Gasteiger partial charge in [0.15, 0.2) is 9.84 Å². The van der Waals surface area contributed by atoms with Gasteiger partial charge in [-0.25, -0.2) is 8.42 Å². The van der Waals surface area contributed by atoms with Gasteiger partial charge < -0.3 is 5.11 Å². The Morgan fingerprint density at radius 1 is 1.47 bits per heavy atom. The minimum Gasteiger partial charge on any atom is -0.391 e. The Labute approximate surface area is 110 Å². The molecule has 0 spiro atoms. The Bertz CT molecular complexity index is 499. The molecule has 1 N–H and O–H groups in total. The number of nitrogens with zero attached hydrogens (tertiary/aromatic N) is 1. The highest BCUT2D eigenvalue weighted by Gasteiger charge is 2.37. The van der Waals surface area contributed by atoms with Crippen molar-refractivity contribution in [3.63, 3.8) is 0 Å². The molecule has 0 amide bonds. The van der Waals surface area contributed by atoms with Crippen LogP contribution in [0.3, 0.4) is 0 Å². The molecule has 0 saturated carbocycles. The van der Waals surface area contributed by atoms with Gasteiger partial charge in [0.05, 0.1) is 10.9 Å². The number of aliphatic hydroxyl groups excluding tert-OH is 1. The lowest BCUT2D eigenvalue weighted by molar-refractivity contribution is 0.138. The normalized spacial score (nSPS) is 14.6. The van der Waals surface area contributed by atoms with Crippen molar-refractivity contribution in [1.82, 2.24) is 4.98 Å². The summed E-state index contributed by atoms with van der Waals surface area (Å²) in [7, 11) is -3.31. The smallest absolute Gasteiger partial charge is 0.155 e. The van der Waals surface area contributed by atoms with Crippen molar-refractivity contribution in [1.29, 1.82) is 0 Å². The zero-order valence-electron chi connectivity index (χ0n) is 10.0. The van der Waals surface area contributed by atoms with E-state index in [1.54, 1.807) is 12.4 Å². The molecular weight excluding hydrogens is 306 g/mol. The topological polar surface area (TPSA) is 67.3 Å². The van der Waals surface area contributed by atoms with Crippen LogP contribution < -0.4 is 0 Å². The Kier molecular flexibility index (Phi) is 4.33. The van der Waals surface area contributed by atoms with Gasteiger partial charge in [-0.3, -0.25) is 4.98 Å². The molecule has 6 heteroatoms. The summed E-state index contributed by atoms with van der Waals surface area (Å²) in [5.41, 5.74) is 0.795. The van der Waals surface area contributed by atoms with Crippen molar-refractivity contribution in [3.8, 4) is 0 Å². The lowest BCUT2D eigenvalue weighted by Gasteiger charge is -2.28. The Morgan fingerprint density at radius 2 is 2.06 bits per heavy atom. The maximum absolute atomic E-state index is 11.6. The predicted molar refractivity (Wildman–Crippen MR) is 70.6 cm³/mol. The fourth-order valence-corrected chi connectivity index (χ4v) is 2.27. The van der Waals surface area contributed by atoms with Crippen molar-refractivity contribution in [2.24, 2.45) is 0 Å². The number of sulfone groups is 1. The van der Waals surface area contributed by atoms with Gasteiger partial charge >= 0.3 is 0 Å². The van der Waals surface area contributed by atoms with E-state index in [1.165, 1.54) is 13.8 Å². The highest BCUT2D eigenvalue weighted by molar-refractivity contribution is 9.10.